The Labute approximate surface area is 139 Å². The van der Waals surface area contributed by atoms with E-state index in [0.29, 0.717) is 12.1 Å². The Morgan fingerprint density at radius 2 is 1.39 bits per heavy atom. The average molecular weight is 313 g/mol. The summed E-state index contributed by atoms with van der Waals surface area (Å²) in [6.45, 7) is 4.45. The van der Waals surface area contributed by atoms with Crippen molar-refractivity contribution >= 4 is 0 Å². The lowest BCUT2D eigenvalue weighted by Crippen LogP contribution is -2.37. The molecule has 2 aromatic rings. The monoisotopic (exact) mass is 313 g/mol. The van der Waals surface area contributed by atoms with Crippen LogP contribution in [0.3, 0.4) is 0 Å². The zero-order valence-corrected chi connectivity index (χ0v) is 14.5. The van der Waals surface area contributed by atoms with Gasteiger partial charge in [0.2, 0.25) is 0 Å². The van der Waals surface area contributed by atoms with Gasteiger partial charge >= 0.3 is 0 Å². The van der Waals surface area contributed by atoms with Gasteiger partial charge in [-0.05, 0) is 49.9 Å². The van der Waals surface area contributed by atoms with Crippen LogP contribution in [-0.2, 0) is 12.8 Å². The second-order valence-corrected chi connectivity index (χ2v) is 6.05. The van der Waals surface area contributed by atoms with Crippen molar-refractivity contribution < 1.29 is 9.47 Å². The molecule has 0 fully saturated rings. The molecular weight excluding hydrogens is 286 g/mol. The summed E-state index contributed by atoms with van der Waals surface area (Å²) < 4.78 is 10.7. The summed E-state index contributed by atoms with van der Waals surface area (Å²) in [6, 6.07) is 17.5. The Kier molecular flexibility index (Phi) is 6.48. The summed E-state index contributed by atoms with van der Waals surface area (Å²) >= 11 is 0. The normalized spacial score (nSPS) is 13.4. The van der Waals surface area contributed by atoms with E-state index in [1.165, 1.54) is 11.1 Å². The van der Waals surface area contributed by atoms with Crippen molar-refractivity contribution in [3.05, 3.63) is 59.7 Å². The van der Waals surface area contributed by atoms with Gasteiger partial charge in [0, 0.05) is 12.1 Å². The first kappa shape index (κ1) is 17.4. The Balaban J connectivity index is 1.90. The van der Waals surface area contributed by atoms with Gasteiger partial charge in [0.05, 0.1) is 14.2 Å². The molecule has 0 aliphatic carbocycles. The number of nitrogens with one attached hydrogen (secondary N) is 1. The van der Waals surface area contributed by atoms with Crippen LogP contribution in [0.1, 0.15) is 25.0 Å². The van der Waals surface area contributed by atoms with Crippen LogP contribution in [0.4, 0.5) is 0 Å². The van der Waals surface area contributed by atoms with E-state index < -0.39 is 0 Å². The molecule has 124 valence electrons. The molecule has 1 N–H and O–H groups in total. The van der Waals surface area contributed by atoms with E-state index in [2.05, 4.69) is 61.6 Å². The fourth-order valence-electron chi connectivity index (χ4n) is 2.93. The summed E-state index contributed by atoms with van der Waals surface area (Å²) in [5.74, 6) is 1.56. The molecule has 0 bridgehead atoms. The van der Waals surface area contributed by atoms with Crippen LogP contribution in [-0.4, -0.2) is 26.3 Å². The van der Waals surface area contributed by atoms with Crippen LogP contribution in [0.25, 0.3) is 0 Å². The molecule has 0 heterocycles. The lowest BCUT2D eigenvalue weighted by atomic mass is 10.0. The molecule has 0 unspecified atom stereocenters. The van der Waals surface area contributed by atoms with Crippen LogP contribution < -0.4 is 14.8 Å². The van der Waals surface area contributed by atoms with Crippen molar-refractivity contribution in [1.82, 2.24) is 5.32 Å². The second-order valence-electron chi connectivity index (χ2n) is 6.05. The quantitative estimate of drug-likeness (QED) is 0.803. The minimum absolute atomic E-state index is 0.395. The highest BCUT2D eigenvalue weighted by Gasteiger charge is 2.11. The van der Waals surface area contributed by atoms with Crippen LogP contribution in [0.2, 0.25) is 0 Å². The van der Waals surface area contributed by atoms with E-state index in [1.54, 1.807) is 14.2 Å². The summed E-state index contributed by atoms with van der Waals surface area (Å²) in [5, 5.41) is 3.67. The van der Waals surface area contributed by atoms with E-state index in [-0.39, 0.29) is 0 Å². The maximum atomic E-state index is 5.37. The van der Waals surface area contributed by atoms with E-state index in [9.17, 15) is 0 Å². The lowest BCUT2D eigenvalue weighted by molar-refractivity contribution is 0.354. The molecule has 3 nitrogen and oxygen atoms in total. The predicted molar refractivity (Wildman–Crippen MR) is 95.5 cm³/mol. The summed E-state index contributed by atoms with van der Waals surface area (Å²) in [4.78, 5) is 0. The highest BCUT2D eigenvalue weighted by Crippen LogP contribution is 2.28. The zero-order chi connectivity index (χ0) is 16.7. The third kappa shape index (κ3) is 5.29. The Bertz CT molecular complexity index is 598. The highest BCUT2D eigenvalue weighted by atomic mass is 16.5. The van der Waals surface area contributed by atoms with Crippen molar-refractivity contribution in [2.75, 3.05) is 14.2 Å². The molecule has 2 rings (SSSR count). The molecule has 0 saturated heterocycles. The first-order valence-corrected chi connectivity index (χ1v) is 8.13. The van der Waals surface area contributed by atoms with Gasteiger partial charge in [0.25, 0.3) is 0 Å². The molecule has 2 aromatic carbocycles. The molecule has 0 amide bonds. The van der Waals surface area contributed by atoms with Crippen LogP contribution >= 0.6 is 0 Å². The maximum absolute atomic E-state index is 5.37. The summed E-state index contributed by atoms with van der Waals surface area (Å²) in [6.07, 6.45) is 2.00. The highest BCUT2D eigenvalue weighted by molar-refractivity contribution is 5.43. The smallest absolute Gasteiger partial charge is 0.160 e. The number of benzene rings is 2. The molecule has 0 aromatic heterocycles. The molecule has 2 atom stereocenters. The minimum atomic E-state index is 0.395. The summed E-state index contributed by atoms with van der Waals surface area (Å²) in [7, 11) is 3.33. The predicted octanol–water partition coefficient (Wildman–Crippen LogP) is 3.86. The van der Waals surface area contributed by atoms with Crippen molar-refractivity contribution in [1.29, 1.82) is 0 Å². The lowest BCUT2D eigenvalue weighted by Gasteiger charge is -2.20. The van der Waals surface area contributed by atoms with Crippen molar-refractivity contribution in [3.8, 4) is 11.5 Å². The van der Waals surface area contributed by atoms with Crippen LogP contribution in [0, 0.1) is 0 Å². The molecule has 0 spiro atoms. The SMILES string of the molecule is COc1ccc(C[C@H](C)N[C@@H](C)Cc2ccccc2)cc1OC. The van der Waals surface area contributed by atoms with E-state index in [4.69, 9.17) is 9.47 Å². The van der Waals surface area contributed by atoms with Gasteiger partial charge in [0.15, 0.2) is 11.5 Å². The first-order chi connectivity index (χ1) is 11.1. The third-order valence-corrected chi connectivity index (χ3v) is 3.94. The molecule has 23 heavy (non-hydrogen) atoms. The fourth-order valence-corrected chi connectivity index (χ4v) is 2.93. The fraction of sp³-hybridized carbons (Fsp3) is 0.400. The van der Waals surface area contributed by atoms with Crippen molar-refractivity contribution in [2.24, 2.45) is 0 Å². The standard InChI is InChI=1S/C20H27NO2/c1-15(12-17-8-6-5-7-9-17)21-16(2)13-18-10-11-19(22-3)20(14-18)23-4/h5-11,14-16,21H,12-13H2,1-4H3/t15-,16-/m0/s1. The second kappa shape index (κ2) is 8.59. The molecule has 0 aliphatic rings. The van der Waals surface area contributed by atoms with Crippen molar-refractivity contribution in [2.45, 2.75) is 38.8 Å². The van der Waals surface area contributed by atoms with Gasteiger partial charge in [-0.25, -0.2) is 0 Å². The maximum Gasteiger partial charge on any atom is 0.160 e. The van der Waals surface area contributed by atoms with Crippen LogP contribution in [0.5, 0.6) is 11.5 Å². The van der Waals surface area contributed by atoms with Gasteiger partial charge in [0.1, 0.15) is 0 Å². The van der Waals surface area contributed by atoms with Crippen molar-refractivity contribution in [3.63, 3.8) is 0 Å². The molecule has 0 saturated carbocycles. The van der Waals surface area contributed by atoms with Gasteiger partial charge in [-0.3, -0.25) is 0 Å². The number of rotatable bonds is 8. The molecule has 0 aliphatic heterocycles. The zero-order valence-electron chi connectivity index (χ0n) is 14.5. The summed E-state index contributed by atoms with van der Waals surface area (Å²) in [5.41, 5.74) is 2.61. The molecule has 0 radical (unpaired) electrons. The first-order valence-electron chi connectivity index (χ1n) is 8.13. The molecule has 3 heteroatoms. The number of ether oxygens (including phenoxy) is 2. The van der Waals surface area contributed by atoms with Gasteiger partial charge < -0.3 is 14.8 Å². The Morgan fingerprint density at radius 1 is 0.783 bits per heavy atom. The van der Waals surface area contributed by atoms with Gasteiger partial charge in [-0.1, -0.05) is 36.4 Å². The van der Waals surface area contributed by atoms with E-state index in [1.807, 2.05) is 6.07 Å². The largest absolute Gasteiger partial charge is 0.493 e. The average Bonchev–Trinajstić information content (AvgIpc) is 2.55. The van der Waals surface area contributed by atoms with Crippen LogP contribution in [0.15, 0.2) is 48.5 Å². The topological polar surface area (TPSA) is 30.5 Å². The van der Waals surface area contributed by atoms with E-state index in [0.717, 1.165) is 24.3 Å². The number of hydrogen-bond acceptors (Lipinski definition) is 3. The third-order valence-electron chi connectivity index (χ3n) is 3.94. The number of hydrogen-bond donors (Lipinski definition) is 1. The Hall–Kier alpha value is -2.00. The molecular formula is C20H27NO2. The number of methoxy groups -OCH3 is 2. The Morgan fingerprint density at radius 3 is 2.00 bits per heavy atom. The minimum Gasteiger partial charge on any atom is -0.493 e. The van der Waals surface area contributed by atoms with Gasteiger partial charge in [-0.15, -0.1) is 0 Å². The van der Waals surface area contributed by atoms with E-state index >= 15 is 0 Å². The van der Waals surface area contributed by atoms with Gasteiger partial charge in [-0.2, -0.15) is 0 Å².